The van der Waals surface area contributed by atoms with Crippen LogP contribution in [0.15, 0.2) is 0 Å². The lowest BCUT2D eigenvalue weighted by molar-refractivity contribution is -0.154. The van der Waals surface area contributed by atoms with Crippen LogP contribution in [0.2, 0.25) is 0 Å². The molecule has 0 saturated carbocycles. The normalized spacial score (nSPS) is 21.5. The second-order valence-electron chi connectivity index (χ2n) is 3.07. The zero-order valence-electron chi connectivity index (χ0n) is 7.76. The van der Waals surface area contributed by atoms with E-state index in [4.69, 9.17) is 30.6 Å². The topological polar surface area (TPSA) is 164 Å². The Morgan fingerprint density at radius 1 is 1.00 bits per heavy atom. The quantitative estimate of drug-likeness (QED) is 0.238. The zero-order valence-corrected chi connectivity index (χ0v) is 7.76. The molecule has 0 aromatic rings. The van der Waals surface area contributed by atoms with Crippen molar-refractivity contribution in [1.29, 1.82) is 0 Å². The molecule has 0 aliphatic carbocycles. The predicted octanol–water partition coefficient (Wildman–Crippen LogP) is -4.73. The summed E-state index contributed by atoms with van der Waals surface area (Å²) >= 11 is 0. The lowest BCUT2D eigenvalue weighted by Gasteiger charge is -2.27. The molecule has 90 valence electrons. The highest BCUT2D eigenvalue weighted by Gasteiger charge is 2.36. The summed E-state index contributed by atoms with van der Waals surface area (Å²) < 4.78 is 0. The van der Waals surface area contributed by atoms with Crippen LogP contribution in [0.3, 0.4) is 0 Å². The van der Waals surface area contributed by atoms with Gasteiger partial charge in [0.15, 0.2) is 6.10 Å². The van der Waals surface area contributed by atoms with Gasteiger partial charge in [0, 0.05) is 0 Å². The molecule has 0 aliphatic rings. The zero-order chi connectivity index (χ0) is 12.2. The monoisotopic (exact) mass is 225 g/mol. The molecule has 8 heteroatoms. The molecule has 0 aromatic heterocycles. The minimum atomic E-state index is -2.07. The fraction of sp³-hybridized carbons (Fsp3) is 0.857. The SMILES string of the molecule is NC(=O)[C@H](O)[C@@H](O)[C@@H](O)[C@H](O)[C@@H](O)CO. The maximum absolute atomic E-state index is 10.4. The van der Waals surface area contributed by atoms with Crippen LogP contribution in [-0.2, 0) is 4.79 Å². The smallest absolute Gasteiger partial charge is 0.249 e. The molecule has 0 aliphatic heterocycles. The van der Waals surface area contributed by atoms with E-state index in [1.807, 2.05) is 0 Å². The highest BCUT2D eigenvalue weighted by Crippen LogP contribution is 2.08. The van der Waals surface area contributed by atoms with Gasteiger partial charge in [0.25, 0.3) is 0 Å². The number of hydrogen-bond donors (Lipinski definition) is 7. The molecule has 0 bridgehead atoms. The van der Waals surface area contributed by atoms with Crippen LogP contribution < -0.4 is 5.73 Å². The van der Waals surface area contributed by atoms with Crippen molar-refractivity contribution in [3.63, 3.8) is 0 Å². The van der Waals surface area contributed by atoms with Crippen molar-refractivity contribution >= 4 is 5.91 Å². The minimum absolute atomic E-state index is 0.850. The largest absolute Gasteiger partial charge is 0.394 e. The number of carbonyl (C=O) groups is 1. The van der Waals surface area contributed by atoms with E-state index in [2.05, 4.69) is 5.73 Å². The summed E-state index contributed by atoms with van der Waals surface area (Å²) in [4.78, 5) is 10.4. The highest BCUT2D eigenvalue weighted by molar-refractivity contribution is 5.79. The first kappa shape index (κ1) is 14.2. The summed E-state index contributed by atoms with van der Waals surface area (Å²) in [7, 11) is 0. The van der Waals surface area contributed by atoms with Gasteiger partial charge in [0.05, 0.1) is 6.61 Å². The number of nitrogens with two attached hydrogens (primary N) is 1. The number of aliphatic hydroxyl groups is 6. The molecule has 0 aromatic carbocycles. The Balaban J connectivity index is 4.42. The number of amides is 1. The molecule has 0 fully saturated rings. The Labute approximate surface area is 85.2 Å². The van der Waals surface area contributed by atoms with E-state index in [1.165, 1.54) is 0 Å². The Hall–Kier alpha value is -0.770. The number of carbonyl (C=O) groups excluding carboxylic acids is 1. The Bertz CT molecular complexity index is 212. The van der Waals surface area contributed by atoms with Gasteiger partial charge < -0.3 is 36.4 Å². The minimum Gasteiger partial charge on any atom is -0.394 e. The third kappa shape index (κ3) is 3.70. The van der Waals surface area contributed by atoms with E-state index in [0.717, 1.165) is 0 Å². The van der Waals surface area contributed by atoms with Crippen LogP contribution >= 0.6 is 0 Å². The summed E-state index contributed by atoms with van der Waals surface area (Å²) in [5, 5.41) is 53.6. The van der Waals surface area contributed by atoms with E-state index < -0.39 is 43.0 Å². The van der Waals surface area contributed by atoms with Crippen molar-refractivity contribution in [3.8, 4) is 0 Å². The second kappa shape index (κ2) is 5.95. The average molecular weight is 225 g/mol. The maximum atomic E-state index is 10.4. The standard InChI is InChI=1S/C7H15NO7/c8-7(15)6(14)5(13)4(12)3(11)2(10)1-9/h2-6,9-14H,1H2,(H2,8,15)/t2-,3+,4-,5-,6+/m0/s1. The summed E-state index contributed by atoms with van der Waals surface area (Å²) in [6.07, 6.45) is -9.72. The number of aliphatic hydroxyl groups excluding tert-OH is 6. The third-order valence-electron chi connectivity index (χ3n) is 1.90. The second-order valence-corrected chi connectivity index (χ2v) is 3.07. The van der Waals surface area contributed by atoms with Crippen molar-refractivity contribution in [2.45, 2.75) is 30.5 Å². The molecule has 0 unspecified atom stereocenters. The van der Waals surface area contributed by atoms with Gasteiger partial charge in [-0.25, -0.2) is 0 Å². The number of rotatable bonds is 6. The number of primary amides is 1. The molecule has 8 N–H and O–H groups in total. The van der Waals surface area contributed by atoms with Gasteiger partial charge >= 0.3 is 0 Å². The molecule has 8 nitrogen and oxygen atoms in total. The fourth-order valence-corrected chi connectivity index (χ4v) is 0.893. The summed E-state index contributed by atoms with van der Waals surface area (Å²) in [6, 6.07) is 0. The van der Waals surface area contributed by atoms with Crippen molar-refractivity contribution in [2.75, 3.05) is 6.61 Å². The first-order valence-corrected chi connectivity index (χ1v) is 4.13. The lowest BCUT2D eigenvalue weighted by atomic mass is 9.99. The first-order chi connectivity index (χ1) is 6.82. The fourth-order valence-electron chi connectivity index (χ4n) is 0.893. The van der Waals surface area contributed by atoms with E-state index in [0.29, 0.717) is 0 Å². The van der Waals surface area contributed by atoms with Gasteiger partial charge in [-0.2, -0.15) is 0 Å². The molecule has 0 heterocycles. The maximum Gasteiger partial charge on any atom is 0.249 e. The summed E-state index contributed by atoms with van der Waals surface area (Å²) in [5.74, 6) is -1.28. The van der Waals surface area contributed by atoms with Gasteiger partial charge in [0.1, 0.15) is 24.4 Å². The van der Waals surface area contributed by atoms with Crippen LogP contribution in [0, 0.1) is 0 Å². The molecule has 15 heavy (non-hydrogen) atoms. The Kier molecular flexibility index (Phi) is 5.65. The van der Waals surface area contributed by atoms with Gasteiger partial charge in [-0.1, -0.05) is 0 Å². The van der Waals surface area contributed by atoms with Crippen molar-refractivity contribution in [2.24, 2.45) is 5.73 Å². The highest BCUT2D eigenvalue weighted by atomic mass is 16.4. The molecule has 0 spiro atoms. The molecule has 1 amide bonds. The number of hydrogen-bond acceptors (Lipinski definition) is 7. The van der Waals surface area contributed by atoms with Crippen molar-refractivity contribution in [3.05, 3.63) is 0 Å². The van der Waals surface area contributed by atoms with E-state index >= 15 is 0 Å². The molecular weight excluding hydrogens is 210 g/mol. The van der Waals surface area contributed by atoms with Crippen molar-refractivity contribution in [1.82, 2.24) is 0 Å². The molecule has 0 saturated heterocycles. The molecule has 0 radical (unpaired) electrons. The first-order valence-electron chi connectivity index (χ1n) is 4.13. The summed E-state index contributed by atoms with van der Waals surface area (Å²) in [5.41, 5.74) is 4.63. The van der Waals surface area contributed by atoms with E-state index in [-0.39, 0.29) is 0 Å². The van der Waals surface area contributed by atoms with E-state index in [9.17, 15) is 4.79 Å². The van der Waals surface area contributed by atoms with Crippen LogP contribution in [0.5, 0.6) is 0 Å². The predicted molar refractivity (Wildman–Crippen MR) is 46.3 cm³/mol. The molecule has 0 rings (SSSR count). The lowest BCUT2D eigenvalue weighted by Crippen LogP contribution is -2.53. The van der Waals surface area contributed by atoms with Gasteiger partial charge in [-0.3, -0.25) is 4.79 Å². The van der Waals surface area contributed by atoms with Crippen LogP contribution in [0.1, 0.15) is 0 Å². The van der Waals surface area contributed by atoms with E-state index in [1.54, 1.807) is 0 Å². The van der Waals surface area contributed by atoms with Gasteiger partial charge in [-0.05, 0) is 0 Å². The van der Waals surface area contributed by atoms with Gasteiger partial charge in [0.2, 0.25) is 5.91 Å². The molecule has 5 atom stereocenters. The van der Waals surface area contributed by atoms with Crippen LogP contribution in [-0.4, -0.2) is 73.7 Å². The Morgan fingerprint density at radius 3 is 1.80 bits per heavy atom. The van der Waals surface area contributed by atoms with Crippen LogP contribution in [0.25, 0.3) is 0 Å². The van der Waals surface area contributed by atoms with Crippen molar-refractivity contribution < 1.29 is 35.4 Å². The third-order valence-corrected chi connectivity index (χ3v) is 1.90. The average Bonchev–Trinajstić information content (AvgIpc) is 2.23. The van der Waals surface area contributed by atoms with Gasteiger partial charge in [-0.15, -0.1) is 0 Å². The summed E-state index contributed by atoms with van der Waals surface area (Å²) in [6.45, 7) is -0.850. The Morgan fingerprint density at radius 2 is 1.47 bits per heavy atom. The molecular formula is C7H15NO7. The van der Waals surface area contributed by atoms with Crippen LogP contribution in [0.4, 0.5) is 0 Å².